The number of hydrogen-bond acceptors (Lipinski definition) is 3. The molecule has 15 heavy (non-hydrogen) atoms. The van der Waals surface area contributed by atoms with Crippen LogP contribution < -0.4 is 11.2 Å². The van der Waals surface area contributed by atoms with Crippen molar-refractivity contribution in [1.29, 1.82) is 0 Å². The van der Waals surface area contributed by atoms with Gasteiger partial charge in [0, 0.05) is 6.20 Å². The number of fused-ring (bicyclic) bond motifs is 3. The van der Waals surface area contributed by atoms with Crippen LogP contribution in [0.4, 0.5) is 0 Å². The largest absolute Gasteiger partial charge is 0.327 e. The van der Waals surface area contributed by atoms with E-state index in [0.29, 0.717) is 16.6 Å². The highest BCUT2D eigenvalue weighted by molar-refractivity contribution is 5.90. The van der Waals surface area contributed by atoms with Crippen LogP contribution in [0.15, 0.2) is 34.0 Å². The zero-order valence-corrected chi connectivity index (χ0v) is 7.52. The molecule has 3 rings (SSSR count). The fourth-order valence-corrected chi connectivity index (χ4v) is 1.61. The van der Waals surface area contributed by atoms with Gasteiger partial charge in [0.2, 0.25) is 0 Å². The number of hydrogen-bond donors (Lipinski definition) is 2. The van der Waals surface area contributed by atoms with E-state index in [1.54, 1.807) is 28.9 Å². The van der Waals surface area contributed by atoms with Crippen molar-refractivity contribution in [2.45, 2.75) is 0 Å². The van der Waals surface area contributed by atoms with E-state index in [1.807, 2.05) is 0 Å². The summed E-state index contributed by atoms with van der Waals surface area (Å²) in [4.78, 5) is 27.2. The molecule has 0 aliphatic rings. The molecule has 0 amide bonds. The Bertz CT molecular complexity index is 765. The van der Waals surface area contributed by atoms with Gasteiger partial charge in [-0.2, -0.15) is 0 Å². The average molecular weight is 202 g/mol. The SMILES string of the molecule is O=c1[nH]c(=O)c2c(nn3ccccc23)[nH]1. The van der Waals surface area contributed by atoms with E-state index in [9.17, 15) is 9.59 Å². The Morgan fingerprint density at radius 1 is 1.20 bits per heavy atom. The number of H-pyrrole nitrogens is 2. The normalized spacial score (nSPS) is 11.2. The van der Waals surface area contributed by atoms with Crippen LogP contribution >= 0.6 is 0 Å². The van der Waals surface area contributed by atoms with E-state index >= 15 is 0 Å². The molecule has 74 valence electrons. The molecule has 2 N–H and O–H groups in total. The molecule has 3 aromatic rings. The van der Waals surface area contributed by atoms with Crippen molar-refractivity contribution in [1.82, 2.24) is 19.6 Å². The summed E-state index contributed by atoms with van der Waals surface area (Å²) in [5, 5.41) is 4.48. The monoisotopic (exact) mass is 202 g/mol. The zero-order chi connectivity index (χ0) is 10.4. The number of pyridine rings is 1. The second-order valence-electron chi connectivity index (χ2n) is 3.16. The van der Waals surface area contributed by atoms with Gasteiger partial charge in [-0.1, -0.05) is 6.07 Å². The fourth-order valence-electron chi connectivity index (χ4n) is 1.61. The average Bonchev–Trinajstić information content (AvgIpc) is 2.54. The first-order valence-corrected chi connectivity index (χ1v) is 4.35. The summed E-state index contributed by atoms with van der Waals surface area (Å²) in [5.41, 5.74) is 0.00538. The lowest BCUT2D eigenvalue weighted by Gasteiger charge is -1.88. The van der Waals surface area contributed by atoms with Crippen LogP contribution in [0.2, 0.25) is 0 Å². The minimum Gasteiger partial charge on any atom is -0.290 e. The van der Waals surface area contributed by atoms with Crippen LogP contribution in [0.1, 0.15) is 0 Å². The molecule has 6 nitrogen and oxygen atoms in total. The molecule has 0 bridgehead atoms. The Hall–Kier alpha value is -2.37. The third-order valence-electron chi connectivity index (χ3n) is 2.23. The summed E-state index contributed by atoms with van der Waals surface area (Å²) < 4.78 is 1.55. The van der Waals surface area contributed by atoms with Crippen molar-refractivity contribution in [3.05, 3.63) is 45.2 Å². The summed E-state index contributed by atoms with van der Waals surface area (Å²) >= 11 is 0. The third kappa shape index (κ3) is 1.01. The van der Waals surface area contributed by atoms with Crippen molar-refractivity contribution in [2.75, 3.05) is 0 Å². The van der Waals surface area contributed by atoms with Crippen molar-refractivity contribution < 1.29 is 0 Å². The van der Waals surface area contributed by atoms with Crippen molar-refractivity contribution in [3.8, 4) is 0 Å². The number of aromatic amines is 2. The van der Waals surface area contributed by atoms with E-state index in [2.05, 4.69) is 15.1 Å². The minimum absolute atomic E-state index is 0.301. The molecule has 0 aliphatic heterocycles. The maximum atomic E-state index is 11.5. The van der Waals surface area contributed by atoms with Crippen LogP contribution in [-0.4, -0.2) is 19.6 Å². The Morgan fingerprint density at radius 2 is 2.07 bits per heavy atom. The summed E-state index contributed by atoms with van der Waals surface area (Å²) in [5.74, 6) is 0. The van der Waals surface area contributed by atoms with Crippen LogP contribution in [0.3, 0.4) is 0 Å². The molecule has 0 aliphatic carbocycles. The predicted molar refractivity (Wildman–Crippen MR) is 53.9 cm³/mol. The van der Waals surface area contributed by atoms with Crippen molar-refractivity contribution >= 4 is 16.6 Å². The molecule has 6 heteroatoms. The number of rotatable bonds is 0. The molecule has 0 saturated carbocycles. The molecule has 0 spiro atoms. The van der Waals surface area contributed by atoms with E-state index in [-0.39, 0.29) is 0 Å². The number of aromatic nitrogens is 4. The van der Waals surface area contributed by atoms with Crippen molar-refractivity contribution in [3.63, 3.8) is 0 Å². The zero-order valence-electron chi connectivity index (χ0n) is 7.52. The predicted octanol–water partition coefficient (Wildman–Crippen LogP) is -0.136. The lowest BCUT2D eigenvalue weighted by atomic mass is 10.3. The topological polar surface area (TPSA) is 83.0 Å². The van der Waals surface area contributed by atoms with Gasteiger partial charge in [-0.25, -0.2) is 9.31 Å². The Kier molecular flexibility index (Phi) is 1.37. The maximum Gasteiger partial charge on any atom is 0.327 e. The molecule has 0 fully saturated rings. The highest BCUT2D eigenvalue weighted by atomic mass is 16.2. The van der Waals surface area contributed by atoms with E-state index in [4.69, 9.17) is 0 Å². The van der Waals surface area contributed by atoms with Gasteiger partial charge in [0.25, 0.3) is 5.56 Å². The second-order valence-corrected chi connectivity index (χ2v) is 3.16. The Morgan fingerprint density at radius 3 is 2.93 bits per heavy atom. The molecular formula is C9H6N4O2. The Labute approximate surface area is 82.2 Å². The lowest BCUT2D eigenvalue weighted by Crippen LogP contribution is -2.21. The molecule has 0 aromatic carbocycles. The molecule has 3 aromatic heterocycles. The van der Waals surface area contributed by atoms with E-state index in [1.165, 1.54) is 0 Å². The minimum atomic E-state index is -0.545. The molecule has 0 unspecified atom stereocenters. The van der Waals surface area contributed by atoms with Gasteiger partial charge in [-0.05, 0) is 12.1 Å². The summed E-state index contributed by atoms with van der Waals surface area (Å²) in [7, 11) is 0. The fraction of sp³-hybridized carbons (Fsp3) is 0. The van der Waals surface area contributed by atoms with Crippen LogP contribution in [0, 0.1) is 0 Å². The van der Waals surface area contributed by atoms with Crippen molar-refractivity contribution in [2.24, 2.45) is 0 Å². The van der Waals surface area contributed by atoms with Gasteiger partial charge < -0.3 is 0 Å². The smallest absolute Gasteiger partial charge is 0.290 e. The first-order valence-electron chi connectivity index (χ1n) is 4.35. The van der Waals surface area contributed by atoms with Gasteiger partial charge in [-0.15, -0.1) is 5.10 Å². The highest BCUT2D eigenvalue weighted by Crippen LogP contribution is 2.11. The van der Waals surface area contributed by atoms with Gasteiger partial charge in [0.15, 0.2) is 5.65 Å². The first kappa shape index (κ1) is 7.98. The standard InChI is InChI=1S/C9H6N4O2/c14-8-6-5-3-1-2-4-13(5)12-7(6)10-9(15)11-8/h1-4H,(H2,10,11,12,14,15). The van der Waals surface area contributed by atoms with Gasteiger partial charge in [0.1, 0.15) is 5.39 Å². The molecule has 0 atom stereocenters. The van der Waals surface area contributed by atoms with E-state index in [0.717, 1.165) is 0 Å². The third-order valence-corrected chi connectivity index (χ3v) is 2.23. The lowest BCUT2D eigenvalue weighted by molar-refractivity contribution is 0.961. The maximum absolute atomic E-state index is 11.5. The summed E-state index contributed by atoms with van der Waals surface area (Å²) in [6.07, 6.45) is 1.72. The Balaban J connectivity index is 2.73. The summed E-state index contributed by atoms with van der Waals surface area (Å²) in [6.45, 7) is 0. The van der Waals surface area contributed by atoms with Crippen LogP contribution in [0.5, 0.6) is 0 Å². The molecule has 0 radical (unpaired) electrons. The number of nitrogens with zero attached hydrogens (tertiary/aromatic N) is 2. The second kappa shape index (κ2) is 2.57. The summed E-state index contributed by atoms with van der Waals surface area (Å²) in [6, 6.07) is 5.37. The van der Waals surface area contributed by atoms with E-state index < -0.39 is 11.2 Å². The van der Waals surface area contributed by atoms with Crippen LogP contribution in [0.25, 0.3) is 16.6 Å². The molecular weight excluding hydrogens is 196 g/mol. The first-order chi connectivity index (χ1) is 7.25. The van der Waals surface area contributed by atoms with Gasteiger partial charge in [-0.3, -0.25) is 14.8 Å². The molecule has 0 saturated heterocycles. The quantitative estimate of drug-likeness (QED) is 0.532. The highest BCUT2D eigenvalue weighted by Gasteiger charge is 2.08. The number of nitrogens with one attached hydrogen (secondary N) is 2. The van der Waals surface area contributed by atoms with Crippen LogP contribution in [-0.2, 0) is 0 Å². The van der Waals surface area contributed by atoms with Gasteiger partial charge >= 0.3 is 5.69 Å². The van der Waals surface area contributed by atoms with Gasteiger partial charge in [0.05, 0.1) is 5.52 Å². The molecule has 3 heterocycles.